The number of carbonyl (C=O) groups excluding carboxylic acids is 1. The summed E-state index contributed by atoms with van der Waals surface area (Å²) in [4.78, 5) is 19.1. The van der Waals surface area contributed by atoms with Crippen molar-refractivity contribution in [3.05, 3.63) is 42.5 Å². The summed E-state index contributed by atoms with van der Waals surface area (Å²) < 4.78 is 24.0. The van der Waals surface area contributed by atoms with Crippen molar-refractivity contribution in [1.29, 1.82) is 0 Å². The molecule has 1 amide bonds. The van der Waals surface area contributed by atoms with Crippen LogP contribution in [0.1, 0.15) is 38.3 Å². The van der Waals surface area contributed by atoms with E-state index in [1.165, 1.54) is 24.9 Å². The molecule has 1 saturated carbocycles. The highest BCUT2D eigenvalue weighted by Crippen LogP contribution is 2.27. The monoisotopic (exact) mass is 446 g/mol. The summed E-state index contributed by atoms with van der Waals surface area (Å²) in [6.07, 6.45) is 9.40. The lowest BCUT2D eigenvalue weighted by molar-refractivity contribution is -0.175. The van der Waals surface area contributed by atoms with Crippen molar-refractivity contribution in [2.45, 2.75) is 57.9 Å². The summed E-state index contributed by atoms with van der Waals surface area (Å²) in [7, 11) is 3.08. The van der Waals surface area contributed by atoms with E-state index >= 15 is 0 Å². The fourth-order valence-electron chi connectivity index (χ4n) is 3.83. The van der Waals surface area contributed by atoms with E-state index < -0.39 is 6.23 Å². The summed E-state index contributed by atoms with van der Waals surface area (Å²) in [5.41, 5.74) is 0.641. The molecule has 1 aliphatic carbocycles. The molecule has 0 aromatic carbocycles. The molecule has 32 heavy (non-hydrogen) atoms. The molecule has 176 valence electrons. The molecule has 0 unspecified atom stereocenters. The highest BCUT2D eigenvalue weighted by atomic mass is 16.7. The molecule has 2 heterocycles. The number of hydrogen-bond donors (Lipinski definition) is 0. The number of carbonyl (C=O) groups is 1. The maximum atomic E-state index is 13.2. The van der Waals surface area contributed by atoms with E-state index in [2.05, 4.69) is 17.0 Å². The van der Waals surface area contributed by atoms with Gasteiger partial charge in [-0.3, -0.25) is 19.4 Å². The van der Waals surface area contributed by atoms with Gasteiger partial charge >= 0.3 is 0 Å². The molecule has 3 rings (SSSR count). The van der Waals surface area contributed by atoms with E-state index in [9.17, 15) is 4.79 Å². The summed E-state index contributed by atoms with van der Waals surface area (Å²) in [6, 6.07) is 5.51. The Morgan fingerprint density at radius 2 is 2.03 bits per heavy atom. The van der Waals surface area contributed by atoms with Crippen molar-refractivity contribution < 1.29 is 23.7 Å². The molecular formula is C23H34N4O5. The molecule has 0 N–H and O–H groups in total. The summed E-state index contributed by atoms with van der Waals surface area (Å²) in [6.45, 7) is 2.75. The Bertz CT molecular complexity index is 808. The normalized spacial score (nSPS) is 19.5. The number of rotatable bonds is 12. The number of methoxy groups -OCH3 is 2. The molecular weight excluding hydrogens is 412 g/mol. The molecule has 9 nitrogen and oxygen atoms in total. The van der Waals surface area contributed by atoms with E-state index in [4.69, 9.17) is 18.9 Å². The molecule has 0 aliphatic heterocycles. The van der Waals surface area contributed by atoms with Crippen LogP contribution in [0.25, 0.3) is 0 Å². The Balaban J connectivity index is 1.66. The molecule has 0 saturated heterocycles. The van der Waals surface area contributed by atoms with Crippen LogP contribution < -0.4 is 4.74 Å². The smallest absolute Gasteiger partial charge is 0.232 e. The van der Waals surface area contributed by atoms with Gasteiger partial charge in [0, 0.05) is 38.9 Å². The summed E-state index contributed by atoms with van der Waals surface area (Å²) >= 11 is 0. The zero-order chi connectivity index (χ0) is 22.8. The second-order valence-electron chi connectivity index (χ2n) is 8.20. The van der Waals surface area contributed by atoms with Gasteiger partial charge in [-0.25, -0.2) is 0 Å². The van der Waals surface area contributed by atoms with Crippen molar-refractivity contribution in [2.24, 2.45) is 5.92 Å². The molecule has 0 spiro atoms. The van der Waals surface area contributed by atoms with Crippen LogP contribution in [0.5, 0.6) is 5.75 Å². The minimum atomic E-state index is -0.606. The first-order chi connectivity index (χ1) is 15.6. The van der Waals surface area contributed by atoms with Crippen LogP contribution in [0.2, 0.25) is 0 Å². The standard InChI is InChI=1S/C23H34N4O5/c1-18-5-7-20(8-6-18)32-21-9-11-24-19(13-21)14-22(28)27(16-29-2)23(31-17-30-3)15-26-12-4-10-25-26/h4,9-13,18,20,23H,5-8,14-17H2,1-3H3/t18-,20-,23-/m1/s1. The van der Waals surface area contributed by atoms with Crippen molar-refractivity contribution in [2.75, 3.05) is 27.7 Å². The average molecular weight is 447 g/mol. The van der Waals surface area contributed by atoms with Gasteiger partial charge in [0.1, 0.15) is 19.3 Å². The highest BCUT2D eigenvalue weighted by Gasteiger charge is 2.26. The van der Waals surface area contributed by atoms with Crippen LogP contribution in [0, 0.1) is 5.92 Å². The van der Waals surface area contributed by atoms with Crippen LogP contribution in [0.3, 0.4) is 0 Å². The van der Waals surface area contributed by atoms with Gasteiger partial charge < -0.3 is 18.9 Å². The fraction of sp³-hybridized carbons (Fsp3) is 0.609. The minimum Gasteiger partial charge on any atom is -0.490 e. The van der Waals surface area contributed by atoms with Crippen LogP contribution in [-0.2, 0) is 32.0 Å². The molecule has 9 heteroatoms. The van der Waals surface area contributed by atoms with Gasteiger partial charge in [0.2, 0.25) is 5.91 Å². The number of nitrogens with zero attached hydrogens (tertiary/aromatic N) is 4. The Kier molecular flexibility index (Phi) is 9.45. The van der Waals surface area contributed by atoms with Crippen molar-refractivity contribution >= 4 is 5.91 Å². The molecule has 0 radical (unpaired) electrons. The predicted molar refractivity (Wildman–Crippen MR) is 118 cm³/mol. The first kappa shape index (κ1) is 24.2. The second-order valence-corrected chi connectivity index (χ2v) is 8.20. The number of pyridine rings is 1. The maximum absolute atomic E-state index is 13.2. The minimum absolute atomic E-state index is 0.0427. The van der Waals surface area contributed by atoms with Crippen molar-refractivity contribution in [3.63, 3.8) is 0 Å². The maximum Gasteiger partial charge on any atom is 0.232 e. The van der Waals surface area contributed by atoms with E-state index in [0.717, 1.165) is 24.5 Å². The number of amides is 1. The van der Waals surface area contributed by atoms with Crippen molar-refractivity contribution in [1.82, 2.24) is 19.7 Å². The lowest BCUT2D eigenvalue weighted by Crippen LogP contribution is -2.46. The van der Waals surface area contributed by atoms with E-state index in [1.807, 2.05) is 24.4 Å². The molecule has 2 aromatic rings. The Labute approximate surface area is 189 Å². The Morgan fingerprint density at radius 1 is 1.22 bits per heavy atom. The van der Waals surface area contributed by atoms with Gasteiger partial charge in [-0.15, -0.1) is 0 Å². The lowest BCUT2D eigenvalue weighted by atomic mass is 9.89. The van der Waals surface area contributed by atoms with Crippen LogP contribution in [0.4, 0.5) is 0 Å². The molecule has 1 aliphatic rings. The predicted octanol–water partition coefficient (Wildman–Crippen LogP) is 2.86. The van der Waals surface area contributed by atoms with Crippen LogP contribution >= 0.6 is 0 Å². The third kappa shape index (κ3) is 7.29. The molecule has 2 aromatic heterocycles. The SMILES string of the molecule is COCO[C@H](Cn1cccn1)N(COC)C(=O)Cc1cc(O[C@H]2CC[C@H](C)CC2)ccn1. The van der Waals surface area contributed by atoms with E-state index in [-0.39, 0.29) is 32.0 Å². The third-order valence-electron chi connectivity index (χ3n) is 5.60. The van der Waals surface area contributed by atoms with Crippen LogP contribution in [0.15, 0.2) is 36.8 Å². The van der Waals surface area contributed by atoms with Gasteiger partial charge in [0.25, 0.3) is 0 Å². The van der Waals surface area contributed by atoms with Crippen LogP contribution in [-0.4, -0.2) is 65.6 Å². The Hall–Kier alpha value is -2.49. The quantitative estimate of drug-likeness (QED) is 0.463. The molecule has 0 bridgehead atoms. The first-order valence-corrected chi connectivity index (χ1v) is 11.1. The zero-order valence-corrected chi connectivity index (χ0v) is 19.2. The van der Waals surface area contributed by atoms with Gasteiger partial charge in [0.05, 0.1) is 24.8 Å². The van der Waals surface area contributed by atoms with E-state index in [0.29, 0.717) is 12.2 Å². The van der Waals surface area contributed by atoms with E-state index in [1.54, 1.807) is 24.2 Å². The number of hydrogen-bond acceptors (Lipinski definition) is 7. The summed E-state index contributed by atoms with van der Waals surface area (Å²) in [5, 5.41) is 4.21. The highest BCUT2D eigenvalue weighted by molar-refractivity contribution is 5.78. The lowest BCUT2D eigenvalue weighted by Gasteiger charge is -2.31. The largest absolute Gasteiger partial charge is 0.490 e. The topological polar surface area (TPSA) is 87.9 Å². The molecule has 1 atom stereocenters. The van der Waals surface area contributed by atoms with Gasteiger partial charge in [-0.2, -0.15) is 5.10 Å². The zero-order valence-electron chi connectivity index (χ0n) is 19.2. The average Bonchev–Trinajstić information content (AvgIpc) is 3.30. The second kappa shape index (κ2) is 12.5. The number of ether oxygens (including phenoxy) is 4. The van der Waals surface area contributed by atoms with Gasteiger partial charge in [-0.05, 0) is 43.7 Å². The molecule has 1 fully saturated rings. The van der Waals surface area contributed by atoms with Gasteiger partial charge in [-0.1, -0.05) is 6.92 Å². The number of aromatic nitrogens is 3. The van der Waals surface area contributed by atoms with Gasteiger partial charge in [0.15, 0.2) is 6.23 Å². The first-order valence-electron chi connectivity index (χ1n) is 11.1. The Morgan fingerprint density at radius 3 is 2.72 bits per heavy atom. The fourth-order valence-corrected chi connectivity index (χ4v) is 3.83. The summed E-state index contributed by atoms with van der Waals surface area (Å²) in [5.74, 6) is 1.35. The van der Waals surface area contributed by atoms with Crippen molar-refractivity contribution in [3.8, 4) is 5.75 Å². The third-order valence-corrected chi connectivity index (χ3v) is 5.60.